The molecule has 1 heteroatoms. The van der Waals surface area contributed by atoms with Gasteiger partial charge in [0.25, 0.3) is 0 Å². The molecule has 41 heavy (non-hydrogen) atoms. The van der Waals surface area contributed by atoms with Gasteiger partial charge in [0.2, 0.25) is 0 Å². The first-order valence-electron chi connectivity index (χ1n) is 14.4. The predicted molar refractivity (Wildman–Crippen MR) is 180 cm³/mol. The van der Waals surface area contributed by atoms with E-state index in [0.29, 0.717) is 0 Å². The van der Waals surface area contributed by atoms with E-state index in [1.54, 1.807) is 0 Å². The first kappa shape index (κ1) is 23.0. The van der Waals surface area contributed by atoms with Gasteiger partial charge in [-0.05, 0) is 84.3 Å². The summed E-state index contributed by atoms with van der Waals surface area (Å²) in [5.74, 6) is 0. The van der Waals surface area contributed by atoms with Crippen LogP contribution in [0.5, 0.6) is 0 Å². The third kappa shape index (κ3) is 3.33. The van der Waals surface area contributed by atoms with Gasteiger partial charge in [0.1, 0.15) is 0 Å². The van der Waals surface area contributed by atoms with Gasteiger partial charge in [0.15, 0.2) is 0 Å². The van der Waals surface area contributed by atoms with E-state index in [0.717, 1.165) is 12.8 Å². The molecule has 1 aliphatic carbocycles. The summed E-state index contributed by atoms with van der Waals surface area (Å²) in [5, 5.41) is 11.8. The third-order valence-corrected chi connectivity index (χ3v) is 10.2. The molecule has 0 fully saturated rings. The van der Waals surface area contributed by atoms with Crippen molar-refractivity contribution in [3.05, 3.63) is 138 Å². The Hall–Kier alpha value is -4.72. The predicted octanol–water partition coefficient (Wildman–Crippen LogP) is 11.8. The van der Waals surface area contributed by atoms with Crippen LogP contribution in [0.4, 0.5) is 0 Å². The molecule has 0 unspecified atom stereocenters. The minimum Gasteiger partial charge on any atom is -0.139 e. The zero-order valence-corrected chi connectivity index (χ0v) is 23.3. The smallest absolute Gasteiger partial charge is 0.0430 e. The molecule has 0 N–H and O–H groups in total. The van der Waals surface area contributed by atoms with Crippen molar-refractivity contribution >= 4 is 70.6 Å². The lowest BCUT2D eigenvalue weighted by atomic mass is 9.83. The summed E-state index contributed by atoms with van der Waals surface area (Å²) < 4.78 is 1.41. The Kier molecular flexibility index (Phi) is 5.00. The van der Waals surface area contributed by atoms with Crippen LogP contribution in [0.2, 0.25) is 0 Å². The lowest BCUT2D eigenvalue weighted by Crippen LogP contribution is -1.92. The quantitative estimate of drug-likeness (QED) is 0.152. The molecule has 0 saturated carbocycles. The molecule has 1 heterocycles. The maximum Gasteiger partial charge on any atom is 0.0430 e. The second-order valence-electron chi connectivity index (χ2n) is 11.1. The van der Waals surface area contributed by atoms with E-state index in [4.69, 9.17) is 0 Å². The molecule has 0 bridgehead atoms. The minimum atomic E-state index is 1.13. The number of hydrogen-bond donors (Lipinski definition) is 0. The summed E-state index contributed by atoms with van der Waals surface area (Å²) in [4.78, 5) is 1.52. The van der Waals surface area contributed by atoms with Gasteiger partial charge in [0.05, 0.1) is 0 Å². The second-order valence-corrected chi connectivity index (χ2v) is 12.2. The molecule has 9 rings (SSSR count). The molecule has 7 aromatic carbocycles. The van der Waals surface area contributed by atoms with Crippen LogP contribution in [0.3, 0.4) is 0 Å². The summed E-state index contributed by atoms with van der Waals surface area (Å²) in [7, 11) is 0. The highest BCUT2D eigenvalue weighted by Gasteiger charge is 2.21. The van der Waals surface area contributed by atoms with Crippen LogP contribution in [0.1, 0.15) is 16.9 Å². The third-order valence-electron chi connectivity index (χ3n) is 8.89. The van der Waals surface area contributed by atoms with Crippen LogP contribution in [0, 0.1) is 0 Å². The number of allylic oxidation sites excluding steroid dienone is 1. The number of aryl methyl sites for hydroxylation is 1. The SMILES string of the molecule is C1=Cc2c(sc3c(-c4c5ccccc5c(-c5cc6ccccc6c6ccccc56)c5ccccc45)cccc23)CC1. The molecule has 0 spiro atoms. The number of hydrogen-bond acceptors (Lipinski definition) is 1. The van der Waals surface area contributed by atoms with Crippen molar-refractivity contribution in [1.82, 2.24) is 0 Å². The van der Waals surface area contributed by atoms with Gasteiger partial charge in [-0.1, -0.05) is 127 Å². The van der Waals surface area contributed by atoms with Gasteiger partial charge in [-0.25, -0.2) is 0 Å². The summed E-state index contributed by atoms with van der Waals surface area (Å²) in [6.45, 7) is 0. The topological polar surface area (TPSA) is 0 Å². The molecular weight excluding hydrogens is 513 g/mol. The molecular formula is C40H26S. The van der Waals surface area contributed by atoms with Crippen LogP contribution in [0.15, 0.2) is 127 Å². The van der Waals surface area contributed by atoms with E-state index < -0.39 is 0 Å². The fourth-order valence-corrected chi connectivity index (χ4v) is 8.46. The normalized spacial score (nSPS) is 13.1. The van der Waals surface area contributed by atoms with Crippen molar-refractivity contribution in [3.8, 4) is 22.3 Å². The number of thiophene rings is 1. The molecule has 0 aliphatic heterocycles. The van der Waals surface area contributed by atoms with E-state index in [2.05, 4.69) is 133 Å². The van der Waals surface area contributed by atoms with Crippen LogP contribution < -0.4 is 0 Å². The van der Waals surface area contributed by atoms with Gasteiger partial charge in [-0.15, -0.1) is 11.3 Å². The van der Waals surface area contributed by atoms with Crippen LogP contribution >= 0.6 is 11.3 Å². The van der Waals surface area contributed by atoms with E-state index in [1.165, 1.54) is 85.9 Å². The molecule has 0 amide bonds. The molecule has 8 aromatic rings. The highest BCUT2D eigenvalue weighted by Crippen LogP contribution is 2.49. The zero-order chi connectivity index (χ0) is 26.9. The fourth-order valence-electron chi connectivity index (χ4n) is 7.14. The molecule has 192 valence electrons. The summed E-state index contributed by atoms with van der Waals surface area (Å²) in [6, 6.07) is 45.1. The molecule has 1 aromatic heterocycles. The molecule has 0 atom stereocenters. The monoisotopic (exact) mass is 538 g/mol. The van der Waals surface area contributed by atoms with E-state index in [9.17, 15) is 0 Å². The van der Waals surface area contributed by atoms with Crippen molar-refractivity contribution in [2.75, 3.05) is 0 Å². The Bertz CT molecular complexity index is 2310. The number of benzene rings is 7. The Morgan fingerprint density at radius 2 is 1.02 bits per heavy atom. The lowest BCUT2D eigenvalue weighted by Gasteiger charge is -2.20. The van der Waals surface area contributed by atoms with Crippen LogP contribution in [-0.2, 0) is 6.42 Å². The van der Waals surface area contributed by atoms with Crippen molar-refractivity contribution in [3.63, 3.8) is 0 Å². The van der Waals surface area contributed by atoms with Gasteiger partial charge in [-0.3, -0.25) is 0 Å². The summed E-state index contributed by atoms with van der Waals surface area (Å²) in [6.07, 6.45) is 6.94. The average Bonchev–Trinajstić information content (AvgIpc) is 3.43. The fraction of sp³-hybridized carbons (Fsp3) is 0.0500. The first-order valence-corrected chi connectivity index (χ1v) is 15.2. The lowest BCUT2D eigenvalue weighted by molar-refractivity contribution is 1.02. The Morgan fingerprint density at radius 3 is 1.73 bits per heavy atom. The Morgan fingerprint density at radius 1 is 0.463 bits per heavy atom. The number of fused-ring (bicyclic) bond motifs is 8. The minimum absolute atomic E-state index is 1.13. The maximum absolute atomic E-state index is 2.41. The number of rotatable bonds is 2. The maximum atomic E-state index is 2.41. The second kappa shape index (κ2) is 8.89. The van der Waals surface area contributed by atoms with E-state index >= 15 is 0 Å². The van der Waals surface area contributed by atoms with Crippen LogP contribution in [0.25, 0.3) is 81.5 Å². The molecule has 1 aliphatic rings. The first-order chi connectivity index (χ1) is 20.4. The largest absolute Gasteiger partial charge is 0.139 e. The van der Waals surface area contributed by atoms with Crippen molar-refractivity contribution in [2.24, 2.45) is 0 Å². The molecule has 0 saturated heterocycles. The average molecular weight is 539 g/mol. The zero-order valence-electron chi connectivity index (χ0n) is 22.5. The Labute approximate surface area is 242 Å². The van der Waals surface area contributed by atoms with E-state index in [-0.39, 0.29) is 0 Å². The van der Waals surface area contributed by atoms with Gasteiger partial charge < -0.3 is 0 Å². The van der Waals surface area contributed by atoms with Gasteiger partial charge >= 0.3 is 0 Å². The highest BCUT2D eigenvalue weighted by atomic mass is 32.1. The van der Waals surface area contributed by atoms with Crippen molar-refractivity contribution < 1.29 is 0 Å². The molecule has 0 radical (unpaired) electrons. The Balaban J connectivity index is 1.46. The standard InChI is InChI=1S/C40H26S/c1-2-13-26-25(12-1)24-36(28-15-4-3-14-27(26)28)39-32-19-7-5-17-30(32)38(31-18-6-8-20-33(31)39)35-22-11-21-34-29-16-9-10-23-37(29)41-40(34)35/h1-9,11-22,24H,10,23H2. The van der Waals surface area contributed by atoms with Gasteiger partial charge in [-0.2, -0.15) is 0 Å². The van der Waals surface area contributed by atoms with Crippen molar-refractivity contribution in [2.45, 2.75) is 12.8 Å². The molecule has 0 nitrogen and oxygen atoms in total. The van der Waals surface area contributed by atoms with Crippen LogP contribution in [-0.4, -0.2) is 0 Å². The van der Waals surface area contributed by atoms with E-state index in [1.807, 2.05) is 11.3 Å². The van der Waals surface area contributed by atoms with Crippen molar-refractivity contribution in [1.29, 1.82) is 0 Å². The summed E-state index contributed by atoms with van der Waals surface area (Å²) >= 11 is 1.99. The van der Waals surface area contributed by atoms with Gasteiger partial charge in [0, 0.05) is 20.5 Å². The summed E-state index contributed by atoms with van der Waals surface area (Å²) in [5.41, 5.74) is 6.73. The highest BCUT2D eigenvalue weighted by molar-refractivity contribution is 7.20.